The van der Waals surface area contributed by atoms with Gasteiger partial charge in [-0.05, 0) is 12.8 Å². The van der Waals surface area contributed by atoms with Crippen LogP contribution in [0.3, 0.4) is 0 Å². The Morgan fingerprint density at radius 1 is 1.33 bits per heavy atom. The molecule has 1 saturated carbocycles. The minimum absolute atomic E-state index is 0.190. The first-order valence-corrected chi connectivity index (χ1v) is 8.60. The first-order chi connectivity index (χ1) is 11.6. The molecule has 0 radical (unpaired) electrons. The molecule has 4 rings (SSSR count). The number of hydrogen-bond acceptors (Lipinski definition) is 9. The average Bonchev–Trinajstić information content (AvgIpc) is 3.24. The highest BCUT2D eigenvalue weighted by Crippen LogP contribution is 2.33. The van der Waals surface area contributed by atoms with E-state index in [1.165, 1.54) is 10.9 Å². The lowest BCUT2D eigenvalue weighted by atomic mass is 10.1. The number of aliphatic hydroxyl groups excluding tert-OH is 3. The summed E-state index contributed by atoms with van der Waals surface area (Å²) in [5.74, 6) is 0.432. The van der Waals surface area contributed by atoms with Gasteiger partial charge in [0.1, 0.15) is 18.3 Å². The highest BCUT2D eigenvalue weighted by Gasteiger charge is 2.44. The van der Waals surface area contributed by atoms with Gasteiger partial charge in [-0.3, -0.25) is 9.40 Å². The predicted octanol–water partition coefficient (Wildman–Crippen LogP) is -0.452. The monoisotopic (exact) mass is 449 g/mol. The van der Waals surface area contributed by atoms with Gasteiger partial charge in [0.25, 0.3) is 0 Å². The first kappa shape index (κ1) is 16.4. The summed E-state index contributed by atoms with van der Waals surface area (Å²) in [7, 11) is 0. The smallest absolute Gasteiger partial charge is 0.194 e. The Morgan fingerprint density at radius 2 is 2.12 bits per heavy atom. The fraction of sp³-hybridized carbons (Fsp3) is 0.615. The van der Waals surface area contributed by atoms with Crippen LogP contribution in [0.25, 0.3) is 11.2 Å². The second-order valence-electron chi connectivity index (χ2n) is 5.81. The molecule has 1 saturated heterocycles. The molecule has 3 heterocycles. The van der Waals surface area contributed by atoms with Crippen LogP contribution in [-0.2, 0) is 9.57 Å². The molecule has 2 aromatic rings. The van der Waals surface area contributed by atoms with Gasteiger partial charge in [0, 0.05) is 22.6 Å². The molecular weight excluding hydrogens is 433 g/mol. The van der Waals surface area contributed by atoms with E-state index in [0.717, 1.165) is 12.8 Å². The highest BCUT2D eigenvalue weighted by molar-refractivity contribution is 14.1. The quantitative estimate of drug-likeness (QED) is 0.272. The Balaban J connectivity index is 1.69. The zero-order chi connectivity index (χ0) is 16.8. The van der Waals surface area contributed by atoms with Crippen molar-refractivity contribution in [2.24, 2.45) is 0 Å². The predicted molar refractivity (Wildman–Crippen MR) is 88.8 cm³/mol. The molecule has 0 amide bonds. The van der Waals surface area contributed by atoms with Crippen LogP contribution in [-0.4, -0.2) is 65.9 Å². The van der Waals surface area contributed by atoms with Gasteiger partial charge in [0.2, 0.25) is 0 Å². The SMILES string of the molecule is OCC1O[C@@H](n2cnc3c(NOC4CC4)nc(I)nc32)[C@H](O)[C@H]1O. The van der Waals surface area contributed by atoms with E-state index in [1.807, 2.05) is 22.6 Å². The molecule has 2 fully saturated rings. The van der Waals surface area contributed by atoms with Crippen molar-refractivity contribution in [2.75, 3.05) is 12.1 Å². The Kier molecular flexibility index (Phi) is 4.30. The van der Waals surface area contributed by atoms with Crippen molar-refractivity contribution >= 4 is 39.6 Å². The number of nitrogens with zero attached hydrogens (tertiary/aromatic N) is 4. The summed E-state index contributed by atoms with van der Waals surface area (Å²) in [4.78, 5) is 18.3. The third-order valence-corrected chi connectivity index (χ3v) is 4.51. The molecule has 130 valence electrons. The van der Waals surface area contributed by atoms with Crippen LogP contribution in [0.4, 0.5) is 5.82 Å². The number of fused-ring (bicyclic) bond motifs is 1. The van der Waals surface area contributed by atoms with Crippen LogP contribution in [0.2, 0.25) is 0 Å². The summed E-state index contributed by atoms with van der Waals surface area (Å²) in [5.41, 5.74) is 3.71. The minimum atomic E-state index is -1.20. The van der Waals surface area contributed by atoms with Crippen molar-refractivity contribution in [2.45, 2.75) is 43.5 Å². The lowest BCUT2D eigenvalue weighted by Crippen LogP contribution is -2.33. The molecule has 0 aromatic carbocycles. The third kappa shape index (κ3) is 2.84. The van der Waals surface area contributed by atoms with Crippen LogP contribution in [0.1, 0.15) is 19.1 Å². The maximum Gasteiger partial charge on any atom is 0.194 e. The topological polar surface area (TPSA) is 135 Å². The van der Waals surface area contributed by atoms with E-state index < -0.39 is 31.1 Å². The highest BCUT2D eigenvalue weighted by atomic mass is 127. The molecule has 11 heteroatoms. The Bertz CT molecular complexity index is 754. The van der Waals surface area contributed by atoms with Crippen molar-refractivity contribution in [1.82, 2.24) is 19.5 Å². The summed E-state index contributed by atoms with van der Waals surface area (Å²) in [6.07, 6.45) is -0.484. The Morgan fingerprint density at radius 3 is 2.79 bits per heavy atom. The zero-order valence-electron chi connectivity index (χ0n) is 12.4. The number of anilines is 1. The number of halogens is 1. The third-order valence-electron chi connectivity index (χ3n) is 4.03. The molecule has 0 bridgehead atoms. The standard InChI is InChI=1S/C13H16IN5O5/c14-13-16-10(18-24-5-1-2-5)7-11(17-13)19(4-15-7)12-9(22)8(21)6(3-20)23-12/h4-6,8-9,12,20-22H,1-3H2,(H,16,17,18)/t6?,8-,9+,12+/m0/s1. The summed E-state index contributed by atoms with van der Waals surface area (Å²) in [6.45, 7) is -0.393. The van der Waals surface area contributed by atoms with Crippen molar-refractivity contribution < 1.29 is 24.9 Å². The Labute approximate surface area is 149 Å². The number of rotatable bonds is 5. The fourth-order valence-corrected chi connectivity index (χ4v) is 3.05. The average molecular weight is 449 g/mol. The summed E-state index contributed by atoms with van der Waals surface area (Å²) in [6, 6.07) is 0. The van der Waals surface area contributed by atoms with Crippen molar-refractivity contribution in [3.8, 4) is 0 Å². The molecule has 10 nitrogen and oxygen atoms in total. The van der Waals surface area contributed by atoms with E-state index in [1.54, 1.807) is 0 Å². The van der Waals surface area contributed by atoms with E-state index in [-0.39, 0.29) is 6.10 Å². The first-order valence-electron chi connectivity index (χ1n) is 7.52. The van der Waals surface area contributed by atoms with E-state index in [2.05, 4.69) is 20.4 Å². The second-order valence-corrected chi connectivity index (χ2v) is 6.78. The number of aliphatic hydroxyl groups is 3. The van der Waals surface area contributed by atoms with E-state index in [0.29, 0.717) is 20.8 Å². The maximum atomic E-state index is 10.2. The number of ether oxygens (including phenoxy) is 1. The van der Waals surface area contributed by atoms with Crippen LogP contribution < -0.4 is 5.48 Å². The summed E-state index contributed by atoms with van der Waals surface area (Å²) in [5, 5.41) is 29.3. The van der Waals surface area contributed by atoms with Crippen LogP contribution in [0.5, 0.6) is 0 Å². The molecule has 4 atom stereocenters. The molecule has 0 spiro atoms. The van der Waals surface area contributed by atoms with Crippen molar-refractivity contribution in [3.63, 3.8) is 0 Å². The fourth-order valence-electron chi connectivity index (χ4n) is 2.58. The van der Waals surface area contributed by atoms with Gasteiger partial charge in [0.15, 0.2) is 27.0 Å². The van der Waals surface area contributed by atoms with Gasteiger partial charge >= 0.3 is 0 Å². The van der Waals surface area contributed by atoms with Crippen molar-refractivity contribution in [3.05, 3.63) is 10.2 Å². The van der Waals surface area contributed by atoms with Crippen LogP contribution >= 0.6 is 22.6 Å². The van der Waals surface area contributed by atoms with Crippen molar-refractivity contribution in [1.29, 1.82) is 0 Å². The molecule has 1 unspecified atom stereocenters. The van der Waals surface area contributed by atoms with E-state index >= 15 is 0 Å². The summed E-state index contributed by atoms with van der Waals surface area (Å²) < 4.78 is 7.52. The van der Waals surface area contributed by atoms with Gasteiger partial charge in [-0.25, -0.2) is 20.4 Å². The summed E-state index contributed by atoms with van der Waals surface area (Å²) >= 11 is 1.97. The number of hydrogen-bond donors (Lipinski definition) is 4. The number of aromatic nitrogens is 4. The van der Waals surface area contributed by atoms with Crippen LogP contribution in [0, 0.1) is 3.83 Å². The largest absolute Gasteiger partial charge is 0.394 e. The molecule has 1 aliphatic carbocycles. The van der Waals surface area contributed by atoms with E-state index in [4.69, 9.17) is 9.57 Å². The number of imidazole rings is 1. The normalized spacial score (nSPS) is 30.2. The molecule has 4 N–H and O–H groups in total. The molecule has 2 aromatic heterocycles. The molecule has 2 aliphatic rings. The van der Waals surface area contributed by atoms with Gasteiger partial charge in [-0.2, -0.15) is 0 Å². The maximum absolute atomic E-state index is 10.2. The molecular formula is C13H16IN5O5. The van der Waals surface area contributed by atoms with Gasteiger partial charge in [0.05, 0.1) is 19.0 Å². The lowest BCUT2D eigenvalue weighted by Gasteiger charge is -2.16. The van der Waals surface area contributed by atoms with Gasteiger partial charge < -0.3 is 20.1 Å². The van der Waals surface area contributed by atoms with Crippen LogP contribution in [0.15, 0.2) is 6.33 Å². The second kappa shape index (κ2) is 6.31. The van der Waals surface area contributed by atoms with Gasteiger partial charge in [-0.1, -0.05) is 0 Å². The Hall–Kier alpha value is -1.12. The minimum Gasteiger partial charge on any atom is -0.394 e. The number of nitrogens with one attached hydrogen (secondary N) is 1. The van der Waals surface area contributed by atoms with Gasteiger partial charge in [-0.15, -0.1) is 0 Å². The molecule has 1 aliphatic heterocycles. The zero-order valence-corrected chi connectivity index (χ0v) is 14.6. The molecule has 24 heavy (non-hydrogen) atoms. The van der Waals surface area contributed by atoms with E-state index in [9.17, 15) is 15.3 Å². The lowest BCUT2D eigenvalue weighted by molar-refractivity contribution is -0.0511.